The van der Waals surface area contributed by atoms with Gasteiger partial charge in [0.15, 0.2) is 0 Å². The van der Waals surface area contributed by atoms with Gasteiger partial charge in [0.25, 0.3) is 0 Å². The third kappa shape index (κ3) is 6.63. The van der Waals surface area contributed by atoms with E-state index >= 15 is 0 Å². The predicted molar refractivity (Wildman–Crippen MR) is 60.4 cm³/mol. The number of rotatable bonds is 6. The van der Waals surface area contributed by atoms with Crippen LogP contribution in [0.1, 0.15) is 0 Å². The number of hydrogen-bond donors (Lipinski definition) is 2. The van der Waals surface area contributed by atoms with Gasteiger partial charge in [-0.05, 0) is 13.1 Å². The highest BCUT2D eigenvalue weighted by Crippen LogP contribution is 1.92. The zero-order chi connectivity index (χ0) is 9.40. The van der Waals surface area contributed by atoms with Gasteiger partial charge in [-0.1, -0.05) is 12.7 Å². The number of aliphatic hydroxyl groups excluding tert-OH is 1. The van der Waals surface area contributed by atoms with Gasteiger partial charge in [-0.3, -0.25) is 8.43 Å². The summed E-state index contributed by atoms with van der Waals surface area (Å²) in [6.07, 6.45) is 3.19. The van der Waals surface area contributed by atoms with Crippen LogP contribution in [-0.4, -0.2) is 36.7 Å². The Labute approximate surface area is 87.6 Å². The SMILES string of the molecule is C=C/C=C(\O)CN(C)CCNI. The fourth-order valence-electron chi connectivity index (χ4n) is 0.777. The van der Waals surface area contributed by atoms with Crippen molar-refractivity contribution in [1.29, 1.82) is 0 Å². The summed E-state index contributed by atoms with van der Waals surface area (Å²) in [5, 5.41) is 9.24. The first-order valence-corrected chi connectivity index (χ1v) is 4.81. The summed E-state index contributed by atoms with van der Waals surface area (Å²) in [7, 11) is 1.96. The van der Waals surface area contributed by atoms with Crippen molar-refractivity contribution < 1.29 is 5.11 Å². The monoisotopic (exact) mass is 282 g/mol. The molecule has 12 heavy (non-hydrogen) atoms. The van der Waals surface area contributed by atoms with E-state index < -0.39 is 0 Å². The van der Waals surface area contributed by atoms with E-state index in [9.17, 15) is 5.11 Å². The van der Waals surface area contributed by atoms with E-state index in [2.05, 4.69) is 33.0 Å². The van der Waals surface area contributed by atoms with Crippen molar-refractivity contribution in [3.63, 3.8) is 0 Å². The molecule has 0 fully saturated rings. The Morgan fingerprint density at radius 1 is 1.75 bits per heavy atom. The van der Waals surface area contributed by atoms with Crippen LogP contribution >= 0.6 is 22.9 Å². The lowest BCUT2D eigenvalue weighted by molar-refractivity contribution is 0.293. The van der Waals surface area contributed by atoms with Crippen molar-refractivity contribution in [2.24, 2.45) is 0 Å². The summed E-state index contributed by atoms with van der Waals surface area (Å²) in [5.74, 6) is 0.348. The summed E-state index contributed by atoms with van der Waals surface area (Å²) < 4.78 is 3.01. The van der Waals surface area contributed by atoms with E-state index in [0.717, 1.165) is 13.1 Å². The molecule has 70 valence electrons. The van der Waals surface area contributed by atoms with E-state index in [1.54, 1.807) is 12.2 Å². The molecule has 0 aliphatic carbocycles. The topological polar surface area (TPSA) is 35.5 Å². The molecule has 0 aromatic heterocycles. The minimum absolute atomic E-state index is 0.348. The molecule has 0 aliphatic rings. The molecule has 0 unspecified atom stereocenters. The molecule has 0 saturated heterocycles. The van der Waals surface area contributed by atoms with E-state index in [0.29, 0.717) is 12.3 Å². The standard InChI is InChI=1S/C8H15IN2O/c1-3-4-8(12)7-11(2)6-5-10-9/h3-4,10,12H,1,5-7H2,2H3/b8-4-. The summed E-state index contributed by atoms with van der Waals surface area (Å²) in [4.78, 5) is 2.03. The minimum Gasteiger partial charge on any atom is -0.511 e. The third-order valence-corrected chi connectivity index (χ3v) is 1.87. The van der Waals surface area contributed by atoms with E-state index in [1.807, 2.05) is 11.9 Å². The lowest BCUT2D eigenvalue weighted by Crippen LogP contribution is -2.27. The second-order valence-corrected chi connectivity index (χ2v) is 3.28. The van der Waals surface area contributed by atoms with Crippen molar-refractivity contribution in [3.8, 4) is 0 Å². The number of allylic oxidation sites excluding steroid dienone is 2. The fraction of sp³-hybridized carbons (Fsp3) is 0.500. The van der Waals surface area contributed by atoms with Crippen molar-refractivity contribution in [1.82, 2.24) is 8.43 Å². The van der Waals surface area contributed by atoms with Crippen LogP contribution < -0.4 is 3.53 Å². The molecule has 0 aromatic rings. The van der Waals surface area contributed by atoms with Gasteiger partial charge in [0, 0.05) is 36.0 Å². The summed E-state index contributed by atoms with van der Waals surface area (Å²) in [6, 6.07) is 0. The van der Waals surface area contributed by atoms with Crippen LogP contribution in [0.25, 0.3) is 0 Å². The normalized spacial score (nSPS) is 12.1. The van der Waals surface area contributed by atoms with Gasteiger partial charge in [-0.15, -0.1) is 0 Å². The smallest absolute Gasteiger partial charge is 0.106 e. The Morgan fingerprint density at radius 2 is 2.42 bits per heavy atom. The highest BCUT2D eigenvalue weighted by Gasteiger charge is 1.98. The maximum Gasteiger partial charge on any atom is 0.106 e. The van der Waals surface area contributed by atoms with Gasteiger partial charge in [0.1, 0.15) is 5.76 Å². The van der Waals surface area contributed by atoms with Gasteiger partial charge in [0.2, 0.25) is 0 Å². The molecule has 0 spiro atoms. The van der Waals surface area contributed by atoms with E-state index in [-0.39, 0.29) is 0 Å². The van der Waals surface area contributed by atoms with Crippen LogP contribution in [0.5, 0.6) is 0 Å². The molecule has 0 aromatic carbocycles. The average Bonchev–Trinajstić information content (AvgIpc) is 2.01. The Bertz CT molecular complexity index is 159. The van der Waals surface area contributed by atoms with Gasteiger partial charge in [-0.25, -0.2) is 0 Å². The number of hydrogen-bond acceptors (Lipinski definition) is 3. The number of halogens is 1. The van der Waals surface area contributed by atoms with E-state index in [1.165, 1.54) is 0 Å². The molecule has 0 rings (SSSR count). The van der Waals surface area contributed by atoms with Crippen LogP contribution in [0, 0.1) is 0 Å². The molecule has 0 aliphatic heterocycles. The Balaban J connectivity index is 3.60. The van der Waals surface area contributed by atoms with Crippen LogP contribution in [0.2, 0.25) is 0 Å². The molecule has 4 heteroatoms. The maximum atomic E-state index is 9.24. The zero-order valence-corrected chi connectivity index (χ0v) is 9.41. The summed E-state index contributed by atoms with van der Waals surface area (Å²) in [6.45, 7) is 5.91. The highest BCUT2D eigenvalue weighted by molar-refractivity contribution is 14.1. The summed E-state index contributed by atoms with van der Waals surface area (Å²) >= 11 is 2.10. The molecule has 2 N–H and O–H groups in total. The van der Waals surface area contributed by atoms with Crippen molar-refractivity contribution in [3.05, 3.63) is 24.5 Å². The third-order valence-electron chi connectivity index (χ3n) is 1.33. The predicted octanol–water partition coefficient (Wildman–Crippen LogP) is 1.49. The minimum atomic E-state index is 0.348. The second-order valence-electron chi connectivity index (χ2n) is 2.52. The molecular weight excluding hydrogens is 267 g/mol. The average molecular weight is 282 g/mol. The first-order valence-electron chi connectivity index (χ1n) is 3.73. The molecule has 0 atom stereocenters. The molecule has 3 nitrogen and oxygen atoms in total. The number of likely N-dealkylation sites (N-methyl/N-ethyl adjacent to an activating group) is 1. The Kier molecular flexibility index (Phi) is 7.53. The van der Waals surface area contributed by atoms with Gasteiger partial charge >= 0.3 is 0 Å². The first-order chi connectivity index (χ1) is 5.70. The van der Waals surface area contributed by atoms with Crippen molar-refractivity contribution in [2.45, 2.75) is 0 Å². The van der Waals surface area contributed by atoms with Crippen molar-refractivity contribution in [2.75, 3.05) is 26.7 Å². The molecule has 0 bridgehead atoms. The van der Waals surface area contributed by atoms with Crippen LogP contribution in [0.3, 0.4) is 0 Å². The number of nitrogens with zero attached hydrogens (tertiary/aromatic N) is 1. The lowest BCUT2D eigenvalue weighted by atomic mass is 10.4. The first kappa shape index (κ1) is 11.9. The maximum absolute atomic E-state index is 9.24. The molecule has 0 heterocycles. The van der Waals surface area contributed by atoms with Crippen LogP contribution in [0.4, 0.5) is 0 Å². The molecule has 0 saturated carbocycles. The van der Waals surface area contributed by atoms with Crippen molar-refractivity contribution >= 4 is 22.9 Å². The number of aliphatic hydroxyl groups is 1. The Morgan fingerprint density at radius 3 is 2.92 bits per heavy atom. The quantitative estimate of drug-likeness (QED) is 0.335. The molecule has 0 amide bonds. The molecule has 0 radical (unpaired) electrons. The van der Waals surface area contributed by atoms with Crippen LogP contribution in [0.15, 0.2) is 24.5 Å². The van der Waals surface area contributed by atoms with Crippen LogP contribution in [-0.2, 0) is 0 Å². The number of nitrogens with one attached hydrogen (secondary N) is 1. The van der Waals surface area contributed by atoms with Gasteiger partial charge in [0.05, 0.1) is 6.54 Å². The molecular formula is C8H15IN2O. The van der Waals surface area contributed by atoms with Gasteiger partial charge in [-0.2, -0.15) is 0 Å². The van der Waals surface area contributed by atoms with Gasteiger partial charge < -0.3 is 5.11 Å². The lowest BCUT2D eigenvalue weighted by Gasteiger charge is -2.14. The largest absolute Gasteiger partial charge is 0.511 e. The van der Waals surface area contributed by atoms with E-state index in [4.69, 9.17) is 0 Å². The Hall–Kier alpha value is -0.0700. The highest BCUT2D eigenvalue weighted by atomic mass is 127. The summed E-state index contributed by atoms with van der Waals surface area (Å²) in [5.41, 5.74) is 0. The second kappa shape index (κ2) is 7.57. The fourth-order valence-corrected chi connectivity index (χ4v) is 1.02. The zero-order valence-electron chi connectivity index (χ0n) is 7.26.